The molecule has 7 N–H and O–H groups in total. The summed E-state index contributed by atoms with van der Waals surface area (Å²) in [6, 6.07) is -0.820. The van der Waals surface area contributed by atoms with E-state index < -0.39 is 12.0 Å². The van der Waals surface area contributed by atoms with Gasteiger partial charge < -0.3 is 22.3 Å². The molecular weight excluding hydrogens is 232 g/mol. The Labute approximate surface area is 110 Å². The van der Waals surface area contributed by atoms with E-state index in [0.29, 0.717) is 19.4 Å². The van der Waals surface area contributed by atoms with E-state index in [-0.39, 0.29) is 5.96 Å². The number of nitrogens with two attached hydrogens (primary N) is 3. The number of hydrogen-bond acceptors (Lipinski definition) is 3. The van der Waals surface area contributed by atoms with Gasteiger partial charge in [-0.25, -0.2) is 0 Å². The predicted molar refractivity (Wildman–Crippen MR) is 79.3 cm³/mol. The van der Waals surface area contributed by atoms with E-state index in [4.69, 9.17) is 22.3 Å². The van der Waals surface area contributed by atoms with Crippen LogP contribution in [-0.4, -0.2) is 29.6 Å². The zero-order valence-corrected chi connectivity index (χ0v) is 11.0. The van der Waals surface area contributed by atoms with Crippen LogP contribution in [0.5, 0.6) is 0 Å². The third-order valence-electron chi connectivity index (χ3n) is 1.28. The Balaban J connectivity index is -0.000000141. The lowest BCUT2D eigenvalue weighted by atomic mass is 10.2. The van der Waals surface area contributed by atoms with Gasteiger partial charge in [0.1, 0.15) is 6.04 Å². The average Bonchev–Trinajstić information content (AvgIpc) is 2.41. The van der Waals surface area contributed by atoms with Gasteiger partial charge in [0, 0.05) is 6.54 Å². The van der Waals surface area contributed by atoms with Crippen molar-refractivity contribution in [3.8, 4) is 0 Å². The fraction of sp³-hybridized carbons (Fsp3) is 0.333. The van der Waals surface area contributed by atoms with Crippen LogP contribution in [0.4, 0.5) is 0 Å². The highest BCUT2D eigenvalue weighted by molar-refractivity contribution is 5.75. The van der Waals surface area contributed by atoms with Gasteiger partial charge in [0.05, 0.1) is 0 Å². The summed E-state index contributed by atoms with van der Waals surface area (Å²) >= 11 is 0. The largest absolute Gasteiger partial charge is 0.480 e. The molecule has 0 aliphatic rings. The second-order valence-electron chi connectivity index (χ2n) is 2.39. The Morgan fingerprint density at radius 1 is 1.11 bits per heavy atom. The van der Waals surface area contributed by atoms with Crippen molar-refractivity contribution in [1.82, 2.24) is 0 Å². The van der Waals surface area contributed by atoms with Gasteiger partial charge in [0.25, 0.3) is 0 Å². The Hall–Kier alpha value is -2.08. The molecule has 0 heterocycles. The van der Waals surface area contributed by atoms with Crippen LogP contribution in [0.2, 0.25) is 0 Å². The van der Waals surface area contributed by atoms with Crippen LogP contribution in [0.3, 0.4) is 0 Å². The van der Waals surface area contributed by atoms with Gasteiger partial charge in [0.15, 0.2) is 5.96 Å². The molecule has 0 aromatic rings. The predicted octanol–water partition coefficient (Wildman–Crippen LogP) is 0.859. The number of carboxylic acid groups (broad SMARTS) is 1. The van der Waals surface area contributed by atoms with Crippen LogP contribution >= 0.6 is 0 Å². The summed E-state index contributed by atoms with van der Waals surface area (Å²) in [7, 11) is 0. The van der Waals surface area contributed by atoms with E-state index in [1.54, 1.807) is 0 Å². The normalized spacial score (nSPS) is 8.72. The van der Waals surface area contributed by atoms with E-state index in [1.807, 2.05) is 0 Å². The van der Waals surface area contributed by atoms with Crippen molar-refractivity contribution in [1.29, 1.82) is 0 Å². The number of rotatable bonds is 5. The molecule has 0 rings (SSSR count). The fourth-order valence-corrected chi connectivity index (χ4v) is 0.643. The van der Waals surface area contributed by atoms with E-state index in [2.05, 4.69) is 44.5 Å². The molecule has 0 saturated heterocycles. The van der Waals surface area contributed by atoms with Crippen molar-refractivity contribution < 1.29 is 9.90 Å². The topological polar surface area (TPSA) is 128 Å². The van der Waals surface area contributed by atoms with Gasteiger partial charge in [-0.2, -0.15) is 0 Å². The first-order valence-electron chi connectivity index (χ1n) is 5.08. The molecule has 0 aromatic carbocycles. The lowest BCUT2D eigenvalue weighted by Gasteiger charge is -2.03. The maximum absolute atomic E-state index is 10.2. The van der Waals surface area contributed by atoms with Gasteiger partial charge in [-0.05, 0) is 12.8 Å². The molecule has 1 atom stereocenters. The molecule has 0 saturated carbocycles. The van der Waals surface area contributed by atoms with Crippen molar-refractivity contribution >= 4 is 11.9 Å². The molecule has 0 fully saturated rings. The number of guanidine groups is 1. The van der Waals surface area contributed by atoms with Crippen molar-refractivity contribution in [3.05, 3.63) is 39.5 Å². The summed E-state index contributed by atoms with van der Waals surface area (Å²) in [4.78, 5) is 13.9. The first-order chi connectivity index (χ1) is 8.54. The molecule has 0 aliphatic carbocycles. The van der Waals surface area contributed by atoms with Crippen LogP contribution in [0.15, 0.2) is 44.5 Å². The number of hydrogen-bond donors (Lipinski definition) is 4. The van der Waals surface area contributed by atoms with Gasteiger partial charge in [-0.1, -0.05) is 0 Å². The third-order valence-corrected chi connectivity index (χ3v) is 1.28. The van der Waals surface area contributed by atoms with Gasteiger partial charge in [-0.15, -0.1) is 39.5 Å². The van der Waals surface area contributed by atoms with Crippen LogP contribution in [0.1, 0.15) is 12.8 Å². The van der Waals surface area contributed by atoms with Gasteiger partial charge >= 0.3 is 5.97 Å². The van der Waals surface area contributed by atoms with Crippen molar-refractivity contribution in [2.24, 2.45) is 22.2 Å². The SMILES string of the molecule is C=C.C=C.C=C.NC(N)=NCCC[C@H](N)C(=O)O. The maximum atomic E-state index is 10.2. The van der Waals surface area contributed by atoms with Crippen molar-refractivity contribution in [2.45, 2.75) is 18.9 Å². The summed E-state index contributed by atoms with van der Waals surface area (Å²) in [5.41, 5.74) is 15.3. The Kier molecular flexibility index (Phi) is 33.6. The Morgan fingerprint density at radius 2 is 1.50 bits per heavy atom. The zero-order valence-electron chi connectivity index (χ0n) is 11.0. The number of aliphatic imine (C=N–C) groups is 1. The molecule has 0 unspecified atom stereocenters. The molecule has 0 aliphatic heterocycles. The van der Waals surface area contributed by atoms with Crippen LogP contribution in [0, 0.1) is 0 Å². The fourth-order valence-electron chi connectivity index (χ4n) is 0.643. The summed E-state index contributed by atoms with van der Waals surface area (Å²) in [6.07, 6.45) is 0.956. The molecular formula is C12H26N4O2. The molecule has 0 bridgehead atoms. The molecule has 106 valence electrons. The first kappa shape index (κ1) is 24.9. The standard InChI is InChI=1S/C6H14N4O2.3C2H4/c7-4(5(11)12)2-1-3-10-6(8)9;3*1-2/h4H,1-3,7H2,(H,11,12)(H4,8,9,10);3*1-2H2/t4-;;;/m0.../s1. The van der Waals surface area contributed by atoms with E-state index >= 15 is 0 Å². The molecule has 6 heteroatoms. The van der Waals surface area contributed by atoms with Crippen LogP contribution < -0.4 is 17.2 Å². The quantitative estimate of drug-likeness (QED) is 0.252. The minimum absolute atomic E-state index is 0.0129. The highest BCUT2D eigenvalue weighted by atomic mass is 16.4. The molecule has 6 nitrogen and oxygen atoms in total. The van der Waals surface area contributed by atoms with Gasteiger partial charge in [-0.3, -0.25) is 9.79 Å². The van der Waals surface area contributed by atoms with E-state index in [1.165, 1.54) is 0 Å². The number of carbonyl (C=O) groups is 1. The minimum Gasteiger partial charge on any atom is -0.480 e. The second-order valence-corrected chi connectivity index (χ2v) is 2.39. The third kappa shape index (κ3) is 29.2. The number of nitrogens with zero attached hydrogens (tertiary/aromatic N) is 1. The van der Waals surface area contributed by atoms with Crippen molar-refractivity contribution in [3.63, 3.8) is 0 Å². The van der Waals surface area contributed by atoms with E-state index in [9.17, 15) is 4.79 Å². The summed E-state index contributed by atoms with van der Waals surface area (Å²) in [6.45, 7) is 18.4. The number of aliphatic carboxylic acids is 1. The maximum Gasteiger partial charge on any atom is 0.320 e. The molecule has 0 amide bonds. The first-order valence-corrected chi connectivity index (χ1v) is 5.08. The smallest absolute Gasteiger partial charge is 0.320 e. The summed E-state index contributed by atoms with van der Waals surface area (Å²) in [5, 5.41) is 8.38. The second kappa shape index (κ2) is 24.2. The molecule has 18 heavy (non-hydrogen) atoms. The van der Waals surface area contributed by atoms with Crippen LogP contribution in [0.25, 0.3) is 0 Å². The molecule has 0 aromatic heterocycles. The lowest BCUT2D eigenvalue weighted by molar-refractivity contribution is -0.138. The lowest BCUT2D eigenvalue weighted by Crippen LogP contribution is -2.30. The molecule has 0 radical (unpaired) electrons. The Bertz CT molecular complexity index is 211. The Morgan fingerprint density at radius 3 is 1.78 bits per heavy atom. The van der Waals surface area contributed by atoms with Crippen molar-refractivity contribution in [2.75, 3.05) is 6.54 Å². The zero-order chi connectivity index (χ0) is 15.6. The highest BCUT2D eigenvalue weighted by Crippen LogP contribution is 1.94. The molecule has 0 spiro atoms. The highest BCUT2D eigenvalue weighted by Gasteiger charge is 2.09. The average molecular weight is 258 g/mol. The number of carboxylic acids is 1. The summed E-state index contributed by atoms with van der Waals surface area (Å²) < 4.78 is 0. The monoisotopic (exact) mass is 258 g/mol. The van der Waals surface area contributed by atoms with Crippen LogP contribution in [-0.2, 0) is 4.79 Å². The minimum atomic E-state index is -1.00. The van der Waals surface area contributed by atoms with Gasteiger partial charge in [0.2, 0.25) is 0 Å². The summed E-state index contributed by atoms with van der Waals surface area (Å²) in [5.74, 6) is -0.987. The van der Waals surface area contributed by atoms with E-state index in [0.717, 1.165) is 0 Å².